The Morgan fingerprint density at radius 1 is 1.10 bits per heavy atom. The Kier molecular flexibility index (Phi) is 5.73. The Morgan fingerprint density at radius 3 is 2.57 bits per heavy atom. The van der Waals surface area contributed by atoms with Crippen LogP contribution in [0.5, 0.6) is 5.75 Å². The Hall–Kier alpha value is -1.90. The first-order chi connectivity index (χ1) is 10.2. The SMILES string of the molecule is CCCCCc1ccc(-c2ccc(OCC)cc2F)nc1. The van der Waals surface area contributed by atoms with Gasteiger partial charge in [-0.25, -0.2) is 4.39 Å². The Bertz CT molecular complexity index is 566. The van der Waals surface area contributed by atoms with Gasteiger partial charge in [0.15, 0.2) is 0 Å². The smallest absolute Gasteiger partial charge is 0.136 e. The van der Waals surface area contributed by atoms with E-state index in [-0.39, 0.29) is 5.82 Å². The molecule has 0 saturated carbocycles. The van der Waals surface area contributed by atoms with E-state index in [1.807, 2.05) is 25.3 Å². The lowest BCUT2D eigenvalue weighted by atomic mass is 10.1. The molecule has 0 amide bonds. The van der Waals surface area contributed by atoms with Gasteiger partial charge in [0.25, 0.3) is 0 Å². The fraction of sp³-hybridized carbons (Fsp3) is 0.389. The topological polar surface area (TPSA) is 22.1 Å². The molecule has 2 rings (SSSR count). The normalized spacial score (nSPS) is 10.6. The van der Waals surface area contributed by atoms with Gasteiger partial charge in [0.2, 0.25) is 0 Å². The first kappa shape index (κ1) is 15.5. The summed E-state index contributed by atoms with van der Waals surface area (Å²) in [6.07, 6.45) is 6.50. The zero-order valence-corrected chi connectivity index (χ0v) is 12.7. The average Bonchev–Trinajstić information content (AvgIpc) is 2.49. The summed E-state index contributed by atoms with van der Waals surface area (Å²) in [5.41, 5.74) is 2.38. The lowest BCUT2D eigenvalue weighted by Crippen LogP contribution is -1.94. The molecule has 0 spiro atoms. The fourth-order valence-electron chi connectivity index (χ4n) is 2.27. The van der Waals surface area contributed by atoms with Crippen LogP contribution in [0.1, 0.15) is 38.7 Å². The first-order valence-corrected chi connectivity index (χ1v) is 7.62. The number of rotatable bonds is 7. The third kappa shape index (κ3) is 4.28. The van der Waals surface area contributed by atoms with Gasteiger partial charge in [0.1, 0.15) is 11.6 Å². The van der Waals surface area contributed by atoms with Gasteiger partial charge < -0.3 is 4.74 Å². The Balaban J connectivity index is 2.11. The van der Waals surface area contributed by atoms with Crippen LogP contribution in [0.4, 0.5) is 4.39 Å². The molecule has 2 nitrogen and oxygen atoms in total. The van der Waals surface area contributed by atoms with Gasteiger partial charge in [-0.05, 0) is 43.5 Å². The Morgan fingerprint density at radius 2 is 1.95 bits per heavy atom. The van der Waals surface area contributed by atoms with Crippen molar-refractivity contribution in [3.63, 3.8) is 0 Å². The van der Waals surface area contributed by atoms with Crippen molar-refractivity contribution in [1.29, 1.82) is 0 Å². The highest BCUT2D eigenvalue weighted by atomic mass is 19.1. The number of unbranched alkanes of at least 4 members (excludes halogenated alkanes) is 2. The summed E-state index contributed by atoms with van der Waals surface area (Å²) in [5, 5.41) is 0. The summed E-state index contributed by atoms with van der Waals surface area (Å²) in [4.78, 5) is 4.38. The zero-order valence-electron chi connectivity index (χ0n) is 12.7. The number of aromatic nitrogens is 1. The summed E-state index contributed by atoms with van der Waals surface area (Å²) >= 11 is 0. The molecule has 21 heavy (non-hydrogen) atoms. The molecule has 0 aliphatic rings. The third-order valence-electron chi connectivity index (χ3n) is 3.42. The molecule has 1 aromatic carbocycles. The van der Waals surface area contributed by atoms with Crippen molar-refractivity contribution in [2.75, 3.05) is 6.61 Å². The molecule has 112 valence electrons. The molecule has 0 unspecified atom stereocenters. The van der Waals surface area contributed by atoms with Crippen molar-refractivity contribution in [3.05, 3.63) is 47.9 Å². The van der Waals surface area contributed by atoms with Crippen LogP contribution >= 0.6 is 0 Å². The van der Waals surface area contributed by atoms with E-state index in [1.54, 1.807) is 12.1 Å². The molecule has 0 aliphatic carbocycles. The minimum atomic E-state index is -0.299. The molecule has 0 radical (unpaired) electrons. The minimum absolute atomic E-state index is 0.299. The molecular formula is C18H22FNO. The van der Waals surface area contributed by atoms with E-state index in [4.69, 9.17) is 4.74 Å². The standard InChI is InChI=1S/C18H22FNO/c1-3-5-6-7-14-8-11-18(20-13-14)16-10-9-15(21-4-2)12-17(16)19/h8-13H,3-7H2,1-2H3. The number of nitrogens with zero attached hydrogens (tertiary/aromatic N) is 1. The van der Waals surface area contributed by atoms with Gasteiger partial charge in [0, 0.05) is 17.8 Å². The molecule has 0 fully saturated rings. The van der Waals surface area contributed by atoms with E-state index < -0.39 is 0 Å². The van der Waals surface area contributed by atoms with Gasteiger partial charge >= 0.3 is 0 Å². The first-order valence-electron chi connectivity index (χ1n) is 7.62. The van der Waals surface area contributed by atoms with E-state index in [2.05, 4.69) is 11.9 Å². The molecule has 0 saturated heterocycles. The van der Waals surface area contributed by atoms with Crippen molar-refractivity contribution in [3.8, 4) is 17.0 Å². The summed E-state index contributed by atoms with van der Waals surface area (Å²) in [6, 6.07) is 8.84. The number of hydrogen-bond acceptors (Lipinski definition) is 2. The monoisotopic (exact) mass is 287 g/mol. The van der Waals surface area contributed by atoms with Gasteiger partial charge in [-0.3, -0.25) is 4.98 Å². The number of aryl methyl sites for hydroxylation is 1. The van der Waals surface area contributed by atoms with E-state index in [1.165, 1.54) is 30.9 Å². The molecule has 0 aliphatic heterocycles. The minimum Gasteiger partial charge on any atom is -0.494 e. The number of ether oxygens (including phenoxy) is 1. The zero-order chi connectivity index (χ0) is 15.1. The number of benzene rings is 1. The van der Waals surface area contributed by atoms with Crippen LogP contribution in [-0.2, 0) is 6.42 Å². The summed E-state index contributed by atoms with van der Waals surface area (Å²) < 4.78 is 19.4. The van der Waals surface area contributed by atoms with Gasteiger partial charge in [0.05, 0.1) is 12.3 Å². The molecule has 1 aromatic heterocycles. The van der Waals surface area contributed by atoms with E-state index in [0.29, 0.717) is 23.6 Å². The van der Waals surface area contributed by atoms with Crippen LogP contribution in [0.3, 0.4) is 0 Å². The molecule has 0 atom stereocenters. The van der Waals surface area contributed by atoms with Crippen molar-refractivity contribution < 1.29 is 9.13 Å². The van der Waals surface area contributed by atoms with Crippen LogP contribution in [0.2, 0.25) is 0 Å². The summed E-state index contributed by atoms with van der Waals surface area (Å²) in [6.45, 7) is 4.60. The van der Waals surface area contributed by atoms with Gasteiger partial charge in [-0.2, -0.15) is 0 Å². The predicted molar refractivity (Wildman–Crippen MR) is 84.0 cm³/mol. The van der Waals surface area contributed by atoms with E-state index in [0.717, 1.165) is 6.42 Å². The molecule has 1 heterocycles. The van der Waals surface area contributed by atoms with Crippen LogP contribution in [-0.4, -0.2) is 11.6 Å². The maximum atomic E-state index is 14.1. The highest BCUT2D eigenvalue weighted by molar-refractivity contribution is 5.61. The Labute approximate surface area is 126 Å². The second-order valence-electron chi connectivity index (χ2n) is 5.08. The highest BCUT2D eigenvalue weighted by Gasteiger charge is 2.08. The van der Waals surface area contributed by atoms with Crippen LogP contribution in [0.15, 0.2) is 36.5 Å². The number of pyridine rings is 1. The van der Waals surface area contributed by atoms with Crippen molar-refractivity contribution >= 4 is 0 Å². The molecule has 0 bridgehead atoms. The lowest BCUT2D eigenvalue weighted by molar-refractivity contribution is 0.338. The number of hydrogen-bond donors (Lipinski definition) is 0. The maximum absolute atomic E-state index is 14.1. The molecule has 3 heteroatoms. The molecule has 2 aromatic rings. The van der Waals surface area contributed by atoms with Crippen molar-refractivity contribution in [2.24, 2.45) is 0 Å². The molecule has 0 N–H and O–H groups in total. The quantitative estimate of drug-likeness (QED) is 0.667. The summed E-state index contributed by atoms with van der Waals surface area (Å²) in [7, 11) is 0. The highest BCUT2D eigenvalue weighted by Crippen LogP contribution is 2.25. The lowest BCUT2D eigenvalue weighted by Gasteiger charge is -2.07. The van der Waals surface area contributed by atoms with E-state index in [9.17, 15) is 4.39 Å². The average molecular weight is 287 g/mol. The van der Waals surface area contributed by atoms with Gasteiger partial charge in [-0.15, -0.1) is 0 Å². The number of halogens is 1. The second kappa shape index (κ2) is 7.77. The fourth-order valence-corrected chi connectivity index (χ4v) is 2.27. The third-order valence-corrected chi connectivity index (χ3v) is 3.42. The molecular weight excluding hydrogens is 265 g/mol. The van der Waals surface area contributed by atoms with Crippen LogP contribution in [0.25, 0.3) is 11.3 Å². The van der Waals surface area contributed by atoms with Crippen LogP contribution in [0, 0.1) is 5.82 Å². The largest absolute Gasteiger partial charge is 0.494 e. The predicted octanol–water partition coefficient (Wildman–Crippen LogP) is 5.02. The van der Waals surface area contributed by atoms with Gasteiger partial charge in [-0.1, -0.05) is 25.8 Å². The summed E-state index contributed by atoms with van der Waals surface area (Å²) in [5.74, 6) is 0.252. The van der Waals surface area contributed by atoms with Crippen molar-refractivity contribution in [2.45, 2.75) is 39.5 Å². The van der Waals surface area contributed by atoms with Crippen LogP contribution < -0.4 is 4.74 Å². The van der Waals surface area contributed by atoms with Crippen molar-refractivity contribution in [1.82, 2.24) is 4.98 Å². The van der Waals surface area contributed by atoms with E-state index >= 15 is 0 Å². The second-order valence-corrected chi connectivity index (χ2v) is 5.08. The maximum Gasteiger partial charge on any atom is 0.136 e.